The summed E-state index contributed by atoms with van der Waals surface area (Å²) in [5.41, 5.74) is 1.51. The molecule has 1 aliphatic heterocycles. The first kappa shape index (κ1) is 17.4. The van der Waals surface area contributed by atoms with Crippen molar-refractivity contribution >= 4 is 21.4 Å². The van der Waals surface area contributed by atoms with Gasteiger partial charge in [-0.3, -0.25) is 4.79 Å². The Balaban J connectivity index is 1.67. The van der Waals surface area contributed by atoms with Gasteiger partial charge in [0.25, 0.3) is 5.91 Å². The Hall–Kier alpha value is -2.41. The van der Waals surface area contributed by atoms with Gasteiger partial charge in [-0.2, -0.15) is 0 Å². The lowest BCUT2D eigenvalue weighted by Crippen LogP contribution is -2.56. The molecule has 25 heavy (non-hydrogen) atoms. The summed E-state index contributed by atoms with van der Waals surface area (Å²) in [5, 5.41) is -0.650. The van der Waals surface area contributed by atoms with Crippen molar-refractivity contribution < 1.29 is 17.6 Å². The summed E-state index contributed by atoms with van der Waals surface area (Å²) >= 11 is 0. The van der Waals surface area contributed by atoms with Gasteiger partial charge in [-0.15, -0.1) is 0 Å². The number of carbonyl (C=O) groups excluding carboxylic acids is 1. The third kappa shape index (κ3) is 3.37. The Bertz CT molecular complexity index is 872. The monoisotopic (exact) mass is 362 g/mol. The van der Waals surface area contributed by atoms with Crippen LogP contribution in [0.3, 0.4) is 0 Å². The number of carbonyl (C=O) groups is 1. The Labute approximate surface area is 146 Å². The van der Waals surface area contributed by atoms with Gasteiger partial charge in [0.2, 0.25) is 0 Å². The van der Waals surface area contributed by atoms with E-state index in [1.807, 2.05) is 31.1 Å². The minimum atomic E-state index is -3.55. The summed E-state index contributed by atoms with van der Waals surface area (Å²) in [5.74, 6) is -0.665. The number of hydrogen-bond donors (Lipinski definition) is 0. The predicted octanol–water partition coefficient (Wildman–Crippen LogP) is 2.19. The minimum Gasteiger partial charge on any atom is -0.378 e. The molecule has 0 aromatic heterocycles. The van der Waals surface area contributed by atoms with E-state index in [0.717, 1.165) is 17.8 Å². The van der Waals surface area contributed by atoms with Gasteiger partial charge in [0, 0.05) is 38.4 Å². The molecule has 0 atom stereocenters. The molecule has 5 nitrogen and oxygen atoms in total. The maximum atomic E-state index is 13.0. The molecule has 0 aliphatic carbocycles. The molecule has 7 heteroatoms. The first-order valence-corrected chi connectivity index (χ1v) is 9.40. The quantitative estimate of drug-likeness (QED) is 0.783. The molecule has 0 N–H and O–H groups in total. The largest absolute Gasteiger partial charge is 0.378 e. The zero-order chi connectivity index (χ0) is 18.2. The molecular weight excluding hydrogens is 343 g/mol. The van der Waals surface area contributed by atoms with E-state index in [4.69, 9.17) is 0 Å². The molecule has 1 saturated heterocycles. The minimum absolute atomic E-state index is 0.0846. The normalized spacial score (nSPS) is 14.9. The van der Waals surface area contributed by atoms with E-state index in [1.165, 1.54) is 17.0 Å². The van der Waals surface area contributed by atoms with Gasteiger partial charge in [0.05, 0.1) is 4.90 Å². The second kappa shape index (κ2) is 6.48. The van der Waals surface area contributed by atoms with Crippen LogP contribution in [0.1, 0.15) is 10.4 Å². The topological polar surface area (TPSA) is 57.7 Å². The molecule has 0 radical (unpaired) electrons. The Morgan fingerprint density at radius 1 is 1.04 bits per heavy atom. The van der Waals surface area contributed by atoms with Gasteiger partial charge >= 0.3 is 0 Å². The maximum Gasteiger partial charge on any atom is 0.253 e. The number of nitrogens with zero attached hydrogens (tertiary/aromatic N) is 2. The van der Waals surface area contributed by atoms with E-state index >= 15 is 0 Å². The van der Waals surface area contributed by atoms with Crippen LogP contribution in [-0.4, -0.2) is 51.7 Å². The highest BCUT2D eigenvalue weighted by molar-refractivity contribution is 7.92. The fourth-order valence-electron chi connectivity index (χ4n) is 2.70. The first-order chi connectivity index (χ1) is 11.8. The Morgan fingerprint density at radius 3 is 2.12 bits per heavy atom. The van der Waals surface area contributed by atoms with Crippen LogP contribution in [0.5, 0.6) is 0 Å². The third-order valence-corrected chi connectivity index (χ3v) is 6.45. The van der Waals surface area contributed by atoms with Gasteiger partial charge < -0.3 is 9.80 Å². The van der Waals surface area contributed by atoms with Gasteiger partial charge in [-0.25, -0.2) is 12.8 Å². The summed E-state index contributed by atoms with van der Waals surface area (Å²) in [6.07, 6.45) is 0. The summed E-state index contributed by atoms with van der Waals surface area (Å²) in [6.45, 7) is 0.294. The van der Waals surface area contributed by atoms with Gasteiger partial charge in [0.1, 0.15) is 11.1 Å². The number of halogens is 1. The molecule has 2 aromatic carbocycles. The van der Waals surface area contributed by atoms with Crippen molar-refractivity contribution in [2.75, 3.05) is 32.1 Å². The highest BCUT2D eigenvalue weighted by atomic mass is 32.2. The average molecular weight is 362 g/mol. The van der Waals surface area contributed by atoms with Crippen LogP contribution in [0.25, 0.3) is 0 Å². The Morgan fingerprint density at radius 2 is 1.60 bits per heavy atom. The molecule has 0 unspecified atom stereocenters. The number of hydrogen-bond acceptors (Lipinski definition) is 4. The fourth-order valence-corrected chi connectivity index (χ4v) is 4.35. The van der Waals surface area contributed by atoms with Crippen LogP contribution < -0.4 is 4.90 Å². The van der Waals surface area contributed by atoms with Crippen molar-refractivity contribution in [3.63, 3.8) is 0 Å². The molecule has 132 valence electrons. The number of likely N-dealkylation sites (tertiary alicyclic amines) is 1. The van der Waals surface area contributed by atoms with Crippen molar-refractivity contribution in [3.8, 4) is 0 Å². The van der Waals surface area contributed by atoms with E-state index in [1.54, 1.807) is 12.1 Å². The van der Waals surface area contributed by atoms with Crippen LogP contribution in [0.4, 0.5) is 10.1 Å². The summed E-state index contributed by atoms with van der Waals surface area (Å²) in [7, 11) is 0.275. The van der Waals surface area contributed by atoms with E-state index in [0.29, 0.717) is 5.56 Å². The fraction of sp³-hybridized carbons (Fsp3) is 0.278. The molecule has 1 amide bonds. The van der Waals surface area contributed by atoms with Crippen molar-refractivity contribution in [2.24, 2.45) is 0 Å². The lowest BCUT2D eigenvalue weighted by atomic mass is 10.1. The number of rotatable bonds is 4. The standard InChI is InChI=1S/C18H19FN2O3S/c1-20(2)15-7-3-13(4-8-15)18(22)21-11-17(12-21)25(23,24)16-9-5-14(19)6-10-16/h3-10,17H,11-12H2,1-2H3. The molecule has 0 bridgehead atoms. The van der Waals surface area contributed by atoms with E-state index < -0.39 is 20.9 Å². The number of amides is 1. The summed E-state index contributed by atoms with van der Waals surface area (Å²) < 4.78 is 37.9. The van der Waals surface area contributed by atoms with Crippen molar-refractivity contribution in [1.29, 1.82) is 0 Å². The van der Waals surface area contributed by atoms with E-state index in [2.05, 4.69) is 0 Å². The zero-order valence-corrected chi connectivity index (χ0v) is 14.8. The van der Waals surface area contributed by atoms with Crippen molar-refractivity contribution in [3.05, 3.63) is 59.9 Å². The predicted molar refractivity (Wildman–Crippen MR) is 94.0 cm³/mol. The SMILES string of the molecule is CN(C)c1ccc(C(=O)N2CC(S(=O)(=O)c3ccc(F)cc3)C2)cc1. The smallest absolute Gasteiger partial charge is 0.253 e. The lowest BCUT2D eigenvalue weighted by molar-refractivity contribution is 0.0659. The first-order valence-electron chi connectivity index (χ1n) is 7.85. The molecule has 3 rings (SSSR count). The second-order valence-electron chi connectivity index (χ2n) is 6.27. The number of benzene rings is 2. The molecule has 1 fully saturated rings. The maximum absolute atomic E-state index is 13.0. The number of anilines is 1. The van der Waals surface area contributed by atoms with Crippen LogP contribution in [0.15, 0.2) is 53.4 Å². The molecule has 1 aliphatic rings. The molecule has 2 aromatic rings. The molecule has 0 saturated carbocycles. The van der Waals surface area contributed by atoms with E-state index in [9.17, 15) is 17.6 Å². The molecule has 0 spiro atoms. The molecular formula is C18H19FN2O3S. The highest BCUT2D eigenvalue weighted by Gasteiger charge is 2.40. The molecule has 1 heterocycles. The van der Waals surface area contributed by atoms with Crippen LogP contribution in [-0.2, 0) is 9.84 Å². The van der Waals surface area contributed by atoms with Gasteiger partial charge in [-0.1, -0.05) is 0 Å². The highest BCUT2D eigenvalue weighted by Crippen LogP contribution is 2.25. The van der Waals surface area contributed by atoms with Crippen LogP contribution >= 0.6 is 0 Å². The lowest BCUT2D eigenvalue weighted by Gasteiger charge is -2.38. The average Bonchev–Trinajstić information content (AvgIpc) is 2.53. The zero-order valence-electron chi connectivity index (χ0n) is 14.0. The van der Waals surface area contributed by atoms with Crippen LogP contribution in [0.2, 0.25) is 0 Å². The Kier molecular flexibility index (Phi) is 4.51. The summed E-state index contributed by atoms with van der Waals surface area (Å²) in [4.78, 5) is 16.0. The van der Waals surface area contributed by atoms with Gasteiger partial charge in [0.15, 0.2) is 9.84 Å². The van der Waals surface area contributed by atoms with Crippen LogP contribution in [0, 0.1) is 5.82 Å². The van der Waals surface area contributed by atoms with Crippen molar-refractivity contribution in [2.45, 2.75) is 10.1 Å². The summed E-state index contributed by atoms with van der Waals surface area (Å²) in [6, 6.07) is 11.9. The van der Waals surface area contributed by atoms with Gasteiger partial charge in [-0.05, 0) is 48.5 Å². The third-order valence-electron chi connectivity index (χ3n) is 4.35. The second-order valence-corrected chi connectivity index (χ2v) is 8.50. The van der Waals surface area contributed by atoms with Crippen molar-refractivity contribution in [1.82, 2.24) is 4.90 Å². The number of sulfone groups is 1. The van der Waals surface area contributed by atoms with E-state index in [-0.39, 0.29) is 23.9 Å².